The van der Waals surface area contributed by atoms with Gasteiger partial charge < -0.3 is 5.32 Å². The van der Waals surface area contributed by atoms with Crippen LogP contribution in [0.1, 0.15) is 13.8 Å². The smallest absolute Gasteiger partial charge is 0.121 e. The van der Waals surface area contributed by atoms with Crippen LogP contribution >= 0.6 is 0 Å². The lowest BCUT2D eigenvalue weighted by molar-refractivity contribution is 0.649. The largest absolute Gasteiger partial charge is 0.385 e. The number of hydrogen-bond acceptors (Lipinski definition) is 1. The zero-order valence-corrected chi connectivity index (χ0v) is 7.08. The van der Waals surface area contributed by atoms with Crippen LogP contribution in [-0.4, -0.2) is 6.54 Å². The molecule has 0 rings (SSSR count). The van der Waals surface area contributed by atoms with E-state index in [1.54, 1.807) is 13.0 Å². The van der Waals surface area contributed by atoms with Crippen molar-refractivity contribution in [3.05, 3.63) is 36.3 Å². The molecule has 0 unspecified atom stereocenters. The average Bonchev–Trinajstić information content (AvgIpc) is 1.98. The van der Waals surface area contributed by atoms with Gasteiger partial charge >= 0.3 is 0 Å². The van der Waals surface area contributed by atoms with Gasteiger partial charge in [0.05, 0.1) is 0 Å². The third-order valence-electron chi connectivity index (χ3n) is 1.38. The highest BCUT2D eigenvalue weighted by molar-refractivity contribution is 5.31. The molecule has 11 heavy (non-hydrogen) atoms. The molecule has 0 amide bonds. The Hall–Kier alpha value is -1.05. The van der Waals surface area contributed by atoms with Gasteiger partial charge in [0.2, 0.25) is 0 Å². The zero-order chi connectivity index (χ0) is 8.85. The highest BCUT2D eigenvalue weighted by Crippen LogP contribution is 2.11. The fourth-order valence-electron chi connectivity index (χ4n) is 0.694. The summed E-state index contributed by atoms with van der Waals surface area (Å²) in [6.07, 6.45) is 1.59. The van der Waals surface area contributed by atoms with E-state index in [0.717, 1.165) is 6.54 Å². The second-order valence-electron chi connectivity index (χ2n) is 2.18. The molecular formula is C9H14FN. The number of likely N-dealkylation sites (N-methyl/N-ethyl adjacent to an activating group) is 1. The average molecular weight is 155 g/mol. The number of allylic oxidation sites excluding steroid dienone is 3. The second kappa shape index (κ2) is 4.72. The van der Waals surface area contributed by atoms with Crippen LogP contribution in [0.5, 0.6) is 0 Å². The minimum absolute atomic E-state index is 0.416. The van der Waals surface area contributed by atoms with E-state index in [-0.39, 0.29) is 0 Å². The van der Waals surface area contributed by atoms with E-state index < -0.39 is 5.83 Å². The lowest BCUT2D eigenvalue weighted by Crippen LogP contribution is -2.12. The van der Waals surface area contributed by atoms with E-state index in [0.29, 0.717) is 11.3 Å². The molecule has 0 aromatic rings. The number of nitrogens with one attached hydrogen (secondary N) is 1. The van der Waals surface area contributed by atoms with Gasteiger partial charge in [-0.2, -0.15) is 0 Å². The maximum atomic E-state index is 12.5. The molecule has 0 spiro atoms. The van der Waals surface area contributed by atoms with Crippen LogP contribution in [-0.2, 0) is 0 Å². The van der Waals surface area contributed by atoms with E-state index in [2.05, 4.69) is 18.5 Å². The minimum Gasteiger partial charge on any atom is -0.385 e. The molecule has 0 atom stereocenters. The monoisotopic (exact) mass is 155 g/mol. The van der Waals surface area contributed by atoms with Gasteiger partial charge in [0, 0.05) is 17.8 Å². The molecule has 0 aromatic heterocycles. The summed E-state index contributed by atoms with van der Waals surface area (Å²) in [5.41, 5.74) is 1.22. The van der Waals surface area contributed by atoms with Gasteiger partial charge in [-0.15, -0.1) is 0 Å². The van der Waals surface area contributed by atoms with Crippen molar-refractivity contribution in [2.24, 2.45) is 0 Å². The molecule has 0 radical (unpaired) electrons. The molecule has 0 aliphatic heterocycles. The van der Waals surface area contributed by atoms with Crippen LogP contribution < -0.4 is 5.32 Å². The summed E-state index contributed by atoms with van der Waals surface area (Å²) in [4.78, 5) is 0. The van der Waals surface area contributed by atoms with Gasteiger partial charge in [-0.3, -0.25) is 0 Å². The number of halogens is 1. The Bertz CT molecular complexity index is 192. The van der Waals surface area contributed by atoms with Gasteiger partial charge in [-0.1, -0.05) is 13.2 Å². The van der Waals surface area contributed by atoms with Crippen molar-refractivity contribution in [1.29, 1.82) is 0 Å². The SMILES string of the molecule is C=C/C(NCC)=C(/C)C(=C)F. The molecule has 0 aliphatic carbocycles. The highest BCUT2D eigenvalue weighted by atomic mass is 19.1. The molecule has 62 valence electrons. The third kappa shape index (κ3) is 3.03. The molecule has 2 heteroatoms. The third-order valence-corrected chi connectivity index (χ3v) is 1.38. The van der Waals surface area contributed by atoms with E-state index in [9.17, 15) is 4.39 Å². The quantitative estimate of drug-likeness (QED) is 0.615. The predicted molar refractivity (Wildman–Crippen MR) is 46.8 cm³/mol. The van der Waals surface area contributed by atoms with Crippen molar-refractivity contribution in [2.75, 3.05) is 6.54 Å². The molecule has 0 bridgehead atoms. The summed E-state index contributed by atoms with van der Waals surface area (Å²) in [5, 5.41) is 2.97. The van der Waals surface area contributed by atoms with Gasteiger partial charge in [0.25, 0.3) is 0 Å². The van der Waals surface area contributed by atoms with Crippen molar-refractivity contribution in [3.63, 3.8) is 0 Å². The Balaban J connectivity index is 4.53. The summed E-state index contributed by atoms with van der Waals surface area (Å²) in [5.74, 6) is -0.416. The number of rotatable bonds is 4. The fourth-order valence-corrected chi connectivity index (χ4v) is 0.694. The van der Waals surface area contributed by atoms with Gasteiger partial charge in [-0.25, -0.2) is 4.39 Å². The first kappa shape index (κ1) is 9.95. The van der Waals surface area contributed by atoms with Crippen LogP contribution in [0, 0.1) is 0 Å². The molecule has 0 saturated heterocycles. The van der Waals surface area contributed by atoms with Crippen molar-refractivity contribution >= 4 is 0 Å². The maximum absolute atomic E-state index is 12.5. The Morgan fingerprint density at radius 1 is 1.64 bits per heavy atom. The minimum atomic E-state index is -0.416. The van der Waals surface area contributed by atoms with Crippen molar-refractivity contribution in [1.82, 2.24) is 5.32 Å². The normalized spacial score (nSPS) is 11.9. The first-order valence-electron chi connectivity index (χ1n) is 3.55. The van der Waals surface area contributed by atoms with E-state index in [1.807, 2.05) is 6.92 Å². The Morgan fingerprint density at radius 2 is 2.18 bits per heavy atom. The van der Waals surface area contributed by atoms with E-state index in [1.165, 1.54) is 0 Å². The second-order valence-corrected chi connectivity index (χ2v) is 2.18. The molecular weight excluding hydrogens is 141 g/mol. The first-order chi connectivity index (χ1) is 5.13. The predicted octanol–water partition coefficient (Wildman–Crippen LogP) is 2.54. The van der Waals surface area contributed by atoms with Crippen LogP contribution in [0.15, 0.2) is 36.3 Å². The molecule has 1 nitrogen and oxygen atoms in total. The Labute approximate surface area is 67.3 Å². The fraction of sp³-hybridized carbons (Fsp3) is 0.333. The van der Waals surface area contributed by atoms with Gasteiger partial charge in [0.15, 0.2) is 0 Å². The standard InChI is InChI=1S/C9H14FN/c1-5-9(11-6-2)7(3)8(4)10/h5,11H,1,4,6H2,2-3H3/b9-7+. The molecule has 0 fully saturated rings. The van der Waals surface area contributed by atoms with Crippen LogP contribution in [0.3, 0.4) is 0 Å². The van der Waals surface area contributed by atoms with Crippen molar-refractivity contribution in [2.45, 2.75) is 13.8 Å². The molecule has 0 aromatic carbocycles. The lowest BCUT2D eigenvalue weighted by atomic mass is 10.2. The van der Waals surface area contributed by atoms with Crippen molar-refractivity contribution < 1.29 is 4.39 Å². The Kier molecular flexibility index (Phi) is 4.27. The summed E-state index contributed by atoms with van der Waals surface area (Å²) < 4.78 is 12.5. The lowest BCUT2D eigenvalue weighted by Gasteiger charge is -2.06. The summed E-state index contributed by atoms with van der Waals surface area (Å²) in [6, 6.07) is 0. The molecule has 1 N–H and O–H groups in total. The summed E-state index contributed by atoms with van der Waals surface area (Å²) >= 11 is 0. The van der Waals surface area contributed by atoms with Crippen LogP contribution in [0.4, 0.5) is 4.39 Å². The zero-order valence-electron chi connectivity index (χ0n) is 7.08. The maximum Gasteiger partial charge on any atom is 0.121 e. The number of hydrogen-bond donors (Lipinski definition) is 1. The Morgan fingerprint density at radius 3 is 2.45 bits per heavy atom. The molecule has 0 heterocycles. The van der Waals surface area contributed by atoms with Gasteiger partial charge in [0.1, 0.15) is 5.83 Å². The van der Waals surface area contributed by atoms with E-state index >= 15 is 0 Å². The molecule has 0 aliphatic rings. The van der Waals surface area contributed by atoms with Crippen LogP contribution in [0.2, 0.25) is 0 Å². The van der Waals surface area contributed by atoms with Crippen LogP contribution in [0.25, 0.3) is 0 Å². The van der Waals surface area contributed by atoms with E-state index in [4.69, 9.17) is 0 Å². The first-order valence-corrected chi connectivity index (χ1v) is 3.55. The summed E-state index contributed by atoms with van der Waals surface area (Å²) in [6.45, 7) is 11.1. The van der Waals surface area contributed by atoms with Gasteiger partial charge in [-0.05, 0) is 19.9 Å². The topological polar surface area (TPSA) is 12.0 Å². The summed E-state index contributed by atoms with van der Waals surface area (Å²) in [7, 11) is 0. The highest BCUT2D eigenvalue weighted by Gasteiger charge is 1.99. The molecule has 0 saturated carbocycles. The van der Waals surface area contributed by atoms with Crippen molar-refractivity contribution in [3.8, 4) is 0 Å².